The van der Waals surface area contributed by atoms with E-state index in [-0.39, 0.29) is 24.8 Å². The maximum Gasteiger partial charge on any atom is -0.171 e. The Bertz CT molecular complexity index is 1860. The summed E-state index contributed by atoms with van der Waals surface area (Å²) in [7, 11) is 0. The summed E-state index contributed by atoms with van der Waals surface area (Å²) in [6.07, 6.45) is 1.86. The third-order valence-electron chi connectivity index (χ3n) is 6.79. The van der Waals surface area contributed by atoms with E-state index in [0.717, 1.165) is 5.52 Å². The van der Waals surface area contributed by atoms with Crippen LogP contribution in [0.25, 0.3) is 43.6 Å². The third-order valence-corrected chi connectivity index (χ3v) is 6.79. The number of aryl methyl sites for hydroxylation is 2. The SMILES string of the molecule is Cc1cc2c(-c3cccc4cccnc34)cccc2[cH-]1.Cc1cc2ccccc2[cH-]1.Cl.Cl.[Si]=[Zr].[c-]1ccccc1.[c-]1ccccc1. The fourth-order valence-electron chi connectivity index (χ4n) is 4.93. The number of rotatable bonds is 1. The molecular formula is C41H35Cl2NSiZr-4. The summed E-state index contributed by atoms with van der Waals surface area (Å²) in [5.74, 6) is 0. The van der Waals surface area contributed by atoms with E-state index < -0.39 is 0 Å². The topological polar surface area (TPSA) is 12.9 Å². The van der Waals surface area contributed by atoms with Crippen molar-refractivity contribution in [3.05, 3.63) is 187 Å². The Labute approximate surface area is 302 Å². The predicted molar refractivity (Wildman–Crippen MR) is 200 cm³/mol. The zero-order valence-electron chi connectivity index (χ0n) is 25.9. The average molecular weight is 732 g/mol. The van der Waals surface area contributed by atoms with E-state index in [1.54, 1.807) is 0 Å². The Morgan fingerprint density at radius 2 is 1.07 bits per heavy atom. The minimum absolute atomic E-state index is 0. The second-order valence-corrected chi connectivity index (χ2v) is 10.0. The Kier molecular flexibility index (Phi) is 17.8. The number of aromatic nitrogens is 1. The number of hydrogen-bond acceptors (Lipinski definition) is 1. The molecule has 0 aliphatic rings. The van der Waals surface area contributed by atoms with Gasteiger partial charge in [-0.15, -0.1) is 100.0 Å². The summed E-state index contributed by atoms with van der Waals surface area (Å²) in [5.41, 5.74) is 6.20. The van der Waals surface area contributed by atoms with Gasteiger partial charge in [-0.1, -0.05) is 55.8 Å². The van der Waals surface area contributed by atoms with Crippen molar-refractivity contribution in [2.75, 3.05) is 0 Å². The van der Waals surface area contributed by atoms with Gasteiger partial charge in [-0.3, -0.25) is 4.98 Å². The summed E-state index contributed by atoms with van der Waals surface area (Å²) >= 11 is 1.36. The molecule has 0 fully saturated rings. The maximum atomic E-state index is 4.57. The van der Waals surface area contributed by atoms with Crippen LogP contribution in [0.15, 0.2) is 164 Å². The first-order valence-electron chi connectivity index (χ1n) is 14.4. The zero-order valence-corrected chi connectivity index (χ0v) is 30.9. The summed E-state index contributed by atoms with van der Waals surface area (Å²) in [6, 6.07) is 59.3. The fraction of sp³-hybridized carbons (Fsp3) is 0.0488. The number of hydrogen-bond donors (Lipinski definition) is 0. The molecule has 230 valence electrons. The van der Waals surface area contributed by atoms with E-state index in [1.807, 2.05) is 72.9 Å². The number of para-hydroxylation sites is 1. The Balaban J connectivity index is 0.000000237. The smallest absolute Gasteiger partial charge is 0.171 e. The second kappa shape index (κ2) is 21.3. The summed E-state index contributed by atoms with van der Waals surface area (Å²) in [5, 5.41) is 6.49. The summed E-state index contributed by atoms with van der Waals surface area (Å²) in [6.45, 7) is 7.33. The van der Waals surface area contributed by atoms with Crippen LogP contribution in [0.3, 0.4) is 0 Å². The predicted octanol–water partition coefficient (Wildman–Crippen LogP) is 11.4. The normalized spacial score (nSPS) is 9.33. The van der Waals surface area contributed by atoms with Gasteiger partial charge in [0, 0.05) is 11.6 Å². The van der Waals surface area contributed by atoms with Crippen molar-refractivity contribution in [3.8, 4) is 11.1 Å². The average Bonchev–Trinajstić information content (AvgIpc) is 3.68. The summed E-state index contributed by atoms with van der Waals surface area (Å²) < 4.78 is 0. The van der Waals surface area contributed by atoms with Crippen LogP contribution >= 0.6 is 24.8 Å². The first kappa shape index (κ1) is 38.6. The van der Waals surface area contributed by atoms with Gasteiger partial charge in [0.25, 0.3) is 0 Å². The van der Waals surface area contributed by atoms with Crippen LogP contribution in [0.5, 0.6) is 0 Å². The molecule has 0 N–H and O–H groups in total. The first-order chi connectivity index (χ1) is 21.7. The van der Waals surface area contributed by atoms with E-state index >= 15 is 0 Å². The van der Waals surface area contributed by atoms with Crippen molar-refractivity contribution >= 4 is 64.1 Å². The van der Waals surface area contributed by atoms with E-state index in [2.05, 4.69) is 129 Å². The quantitative estimate of drug-likeness (QED) is 0.121. The molecule has 8 rings (SSSR count). The minimum Gasteiger partial charge on any atom is -0.184 e. The second-order valence-electron chi connectivity index (χ2n) is 10.0. The third kappa shape index (κ3) is 11.3. The number of nitrogens with zero attached hydrogens (tertiary/aromatic N) is 1. The first-order valence-corrected chi connectivity index (χ1v) is 18.6. The molecule has 0 saturated carbocycles. The van der Waals surface area contributed by atoms with E-state index in [9.17, 15) is 0 Å². The molecule has 7 aromatic carbocycles. The maximum absolute atomic E-state index is 4.57. The molecule has 0 spiro atoms. The molecule has 2 radical (unpaired) electrons. The van der Waals surface area contributed by atoms with Crippen LogP contribution in [0.4, 0.5) is 0 Å². The minimum atomic E-state index is 0. The molecule has 0 unspecified atom stereocenters. The standard InChI is InChI=1S/C19H14N.C10H9.2C6H5.2ClH.Si.Zr/c1-13-11-15-6-3-8-16(18(15)12-13)17-9-2-5-14-7-4-10-20-19(14)17;1-8-6-9-4-2-3-5-10(9)7-8;2*1-2-4-6-5-3-1;;;;/h2-12H,1H3;2-7H,1H3;2*1-5H;2*1H;;/q4*-1;;;;. The van der Waals surface area contributed by atoms with Crippen molar-refractivity contribution in [1.82, 2.24) is 4.98 Å². The molecular weight excluding hydrogens is 697 g/mol. The largest absolute Gasteiger partial charge is 0.184 e. The van der Waals surface area contributed by atoms with Crippen LogP contribution in [-0.2, 0) is 23.3 Å². The van der Waals surface area contributed by atoms with Gasteiger partial charge in [0.2, 0.25) is 0 Å². The van der Waals surface area contributed by atoms with Crippen molar-refractivity contribution in [3.63, 3.8) is 0 Å². The number of benzene rings is 5. The van der Waals surface area contributed by atoms with Gasteiger partial charge < -0.3 is 0 Å². The van der Waals surface area contributed by atoms with Gasteiger partial charge >= 0.3 is 30.2 Å². The van der Waals surface area contributed by atoms with Gasteiger partial charge in [0.05, 0.1) is 5.52 Å². The molecule has 0 atom stereocenters. The molecule has 0 aliphatic heterocycles. The molecule has 8 aromatic rings. The van der Waals surface area contributed by atoms with Crippen LogP contribution in [0.2, 0.25) is 0 Å². The van der Waals surface area contributed by atoms with Crippen LogP contribution in [0, 0.1) is 26.0 Å². The van der Waals surface area contributed by atoms with Crippen LogP contribution in [-0.4, -0.2) is 11.9 Å². The van der Waals surface area contributed by atoms with E-state index in [4.69, 9.17) is 0 Å². The Morgan fingerprint density at radius 1 is 0.543 bits per heavy atom. The molecule has 0 bridgehead atoms. The molecule has 0 saturated heterocycles. The van der Waals surface area contributed by atoms with Crippen molar-refractivity contribution < 1.29 is 23.3 Å². The molecule has 0 amide bonds. The van der Waals surface area contributed by atoms with Crippen molar-refractivity contribution in [1.29, 1.82) is 0 Å². The van der Waals surface area contributed by atoms with Gasteiger partial charge in [0.1, 0.15) is 0 Å². The molecule has 1 nitrogen and oxygen atoms in total. The Morgan fingerprint density at radius 3 is 1.67 bits per heavy atom. The number of fused-ring (bicyclic) bond motifs is 3. The van der Waals surface area contributed by atoms with Crippen molar-refractivity contribution in [2.45, 2.75) is 13.8 Å². The molecule has 1 heterocycles. The van der Waals surface area contributed by atoms with Gasteiger partial charge in [0.15, 0.2) is 0 Å². The number of halogens is 2. The van der Waals surface area contributed by atoms with Crippen molar-refractivity contribution in [2.24, 2.45) is 0 Å². The molecule has 46 heavy (non-hydrogen) atoms. The van der Waals surface area contributed by atoms with Crippen LogP contribution < -0.4 is 0 Å². The van der Waals surface area contributed by atoms with Gasteiger partial charge in [-0.25, -0.2) is 0 Å². The monoisotopic (exact) mass is 729 g/mol. The fourth-order valence-corrected chi connectivity index (χ4v) is 4.93. The van der Waals surface area contributed by atoms with Gasteiger partial charge in [-0.2, -0.15) is 84.9 Å². The molecule has 5 heteroatoms. The van der Waals surface area contributed by atoms with Gasteiger partial charge in [-0.05, 0) is 11.6 Å². The summed E-state index contributed by atoms with van der Waals surface area (Å²) in [4.78, 5) is 4.57. The van der Waals surface area contributed by atoms with Crippen LogP contribution in [0.1, 0.15) is 11.1 Å². The zero-order chi connectivity index (χ0) is 31.0. The number of pyridine rings is 1. The van der Waals surface area contributed by atoms with E-state index in [1.165, 1.54) is 72.5 Å². The molecule has 1 aromatic heterocycles. The van der Waals surface area contributed by atoms with E-state index in [0.29, 0.717) is 0 Å². The Hall–Kier alpha value is -3.59. The molecule has 0 aliphatic carbocycles.